The lowest BCUT2D eigenvalue weighted by molar-refractivity contribution is -0.141. The van der Waals surface area contributed by atoms with Crippen molar-refractivity contribution in [2.75, 3.05) is 30.9 Å². The van der Waals surface area contributed by atoms with Crippen molar-refractivity contribution in [3.05, 3.63) is 11.8 Å². The average molecular weight is 305 g/mol. The number of carbonyl (C=O) groups excluding carboxylic acids is 1. The molecule has 9 heteroatoms. The van der Waals surface area contributed by atoms with Gasteiger partial charge in [-0.3, -0.25) is 4.79 Å². The highest BCUT2D eigenvalue weighted by Crippen LogP contribution is 2.30. The first-order chi connectivity index (χ1) is 9.63. The summed E-state index contributed by atoms with van der Waals surface area (Å²) in [5, 5.41) is 5.13. The molecule has 21 heavy (non-hydrogen) atoms. The van der Waals surface area contributed by atoms with Crippen molar-refractivity contribution in [2.24, 2.45) is 0 Å². The van der Waals surface area contributed by atoms with Crippen LogP contribution in [0.25, 0.3) is 0 Å². The van der Waals surface area contributed by atoms with Gasteiger partial charge in [-0.2, -0.15) is 18.2 Å². The molecule has 0 aliphatic rings. The van der Waals surface area contributed by atoms with Crippen LogP contribution in [0.15, 0.2) is 6.07 Å². The smallest absolute Gasteiger partial charge is 0.357 e. The lowest BCUT2D eigenvalue weighted by Crippen LogP contribution is -2.39. The molecule has 0 spiro atoms. The van der Waals surface area contributed by atoms with Crippen molar-refractivity contribution >= 4 is 17.7 Å². The highest BCUT2D eigenvalue weighted by molar-refractivity contribution is 5.81. The van der Waals surface area contributed by atoms with Crippen LogP contribution in [0.1, 0.15) is 19.5 Å². The van der Waals surface area contributed by atoms with E-state index in [1.165, 1.54) is 19.0 Å². The molecular formula is C12H18F3N5O. The van der Waals surface area contributed by atoms with Crippen LogP contribution in [0.2, 0.25) is 0 Å². The molecule has 1 amide bonds. The number of alkyl halides is 3. The highest BCUT2D eigenvalue weighted by atomic mass is 19.4. The number of carbonyl (C=O) groups is 1. The van der Waals surface area contributed by atoms with Crippen molar-refractivity contribution < 1.29 is 18.0 Å². The van der Waals surface area contributed by atoms with E-state index >= 15 is 0 Å². The minimum Gasteiger partial charge on any atom is -0.357 e. The molecule has 0 fully saturated rings. The summed E-state index contributed by atoms with van der Waals surface area (Å²) in [7, 11) is 2.91. The highest BCUT2D eigenvalue weighted by Gasteiger charge is 2.34. The largest absolute Gasteiger partial charge is 0.433 e. The Morgan fingerprint density at radius 1 is 1.38 bits per heavy atom. The first-order valence-corrected chi connectivity index (χ1v) is 6.28. The van der Waals surface area contributed by atoms with Crippen LogP contribution in [-0.4, -0.2) is 42.6 Å². The summed E-state index contributed by atoms with van der Waals surface area (Å²) in [6.45, 7) is 3.49. The summed E-state index contributed by atoms with van der Waals surface area (Å²) in [5.74, 6) is -0.442. The van der Waals surface area contributed by atoms with Crippen LogP contribution >= 0.6 is 0 Å². The maximum absolute atomic E-state index is 12.8. The van der Waals surface area contributed by atoms with E-state index in [0.717, 1.165) is 6.07 Å². The number of rotatable bonds is 5. The second kappa shape index (κ2) is 6.59. The molecule has 0 saturated heterocycles. The molecule has 0 aliphatic heterocycles. The molecule has 118 valence electrons. The molecule has 1 rings (SSSR count). The number of hydrogen-bond donors (Lipinski definition) is 2. The van der Waals surface area contributed by atoms with Gasteiger partial charge in [-0.05, 0) is 13.8 Å². The third-order valence-corrected chi connectivity index (χ3v) is 2.45. The third-order valence-electron chi connectivity index (χ3n) is 2.45. The number of anilines is 2. The van der Waals surface area contributed by atoms with E-state index < -0.39 is 11.9 Å². The Morgan fingerprint density at radius 3 is 2.48 bits per heavy atom. The Hall–Kier alpha value is -2.06. The van der Waals surface area contributed by atoms with Gasteiger partial charge < -0.3 is 15.5 Å². The zero-order valence-electron chi connectivity index (χ0n) is 12.2. The lowest BCUT2D eigenvalue weighted by Gasteiger charge is -2.20. The Kier molecular flexibility index (Phi) is 5.34. The van der Waals surface area contributed by atoms with Gasteiger partial charge in [-0.15, -0.1) is 0 Å². The van der Waals surface area contributed by atoms with Gasteiger partial charge in [0, 0.05) is 26.2 Å². The molecule has 1 heterocycles. The standard InChI is InChI=1S/C12H18F3N5O/c1-7(2)17-10(21)6-20(4)9-5-8(12(13,14)15)18-11(16-3)19-9/h5,7H,6H2,1-4H3,(H,17,21)(H,16,18,19). The molecule has 0 aliphatic carbocycles. The van der Waals surface area contributed by atoms with Crippen LogP contribution in [0.5, 0.6) is 0 Å². The Balaban J connectivity index is 2.98. The fourth-order valence-corrected chi connectivity index (χ4v) is 1.55. The predicted octanol–water partition coefficient (Wildman–Crippen LogP) is 1.50. The second-order valence-electron chi connectivity index (χ2n) is 4.76. The number of halogens is 3. The van der Waals surface area contributed by atoms with Crippen molar-refractivity contribution in [1.82, 2.24) is 15.3 Å². The average Bonchev–Trinajstić information content (AvgIpc) is 2.35. The van der Waals surface area contributed by atoms with Crippen molar-refractivity contribution in [3.8, 4) is 0 Å². The molecule has 0 aromatic carbocycles. The normalized spacial score (nSPS) is 11.4. The van der Waals surface area contributed by atoms with Crippen molar-refractivity contribution in [3.63, 3.8) is 0 Å². The lowest BCUT2D eigenvalue weighted by atomic mass is 10.3. The van der Waals surface area contributed by atoms with Crippen molar-refractivity contribution in [1.29, 1.82) is 0 Å². The zero-order chi connectivity index (χ0) is 16.2. The summed E-state index contributed by atoms with van der Waals surface area (Å²) in [5.41, 5.74) is -1.06. The molecule has 0 saturated carbocycles. The topological polar surface area (TPSA) is 70.2 Å². The number of likely N-dealkylation sites (N-methyl/N-ethyl adjacent to an activating group) is 1. The minimum atomic E-state index is -4.58. The van der Waals surface area contributed by atoms with Crippen LogP contribution in [0, 0.1) is 0 Å². The van der Waals surface area contributed by atoms with E-state index in [1.54, 1.807) is 13.8 Å². The molecule has 0 unspecified atom stereocenters. The Morgan fingerprint density at radius 2 is 2.00 bits per heavy atom. The Labute approximate surface area is 120 Å². The summed E-state index contributed by atoms with van der Waals surface area (Å²) in [6, 6.07) is 0.763. The third kappa shape index (κ3) is 5.09. The zero-order valence-corrected chi connectivity index (χ0v) is 12.2. The summed E-state index contributed by atoms with van der Waals surface area (Å²) >= 11 is 0. The maximum atomic E-state index is 12.8. The fourth-order valence-electron chi connectivity index (χ4n) is 1.55. The van der Waals surface area contributed by atoms with E-state index in [0.29, 0.717) is 0 Å². The van der Waals surface area contributed by atoms with E-state index in [4.69, 9.17) is 0 Å². The summed E-state index contributed by atoms with van der Waals surface area (Å²) in [4.78, 5) is 20.2. The molecule has 0 radical (unpaired) electrons. The number of aromatic nitrogens is 2. The number of nitrogens with one attached hydrogen (secondary N) is 2. The molecule has 0 atom stereocenters. The van der Waals surface area contributed by atoms with E-state index in [-0.39, 0.29) is 30.3 Å². The quantitative estimate of drug-likeness (QED) is 0.862. The van der Waals surface area contributed by atoms with Crippen molar-refractivity contribution in [2.45, 2.75) is 26.1 Å². The van der Waals surface area contributed by atoms with Crippen LogP contribution in [-0.2, 0) is 11.0 Å². The van der Waals surface area contributed by atoms with E-state index in [2.05, 4.69) is 20.6 Å². The van der Waals surface area contributed by atoms with E-state index in [9.17, 15) is 18.0 Å². The van der Waals surface area contributed by atoms with Gasteiger partial charge in [0.05, 0.1) is 6.54 Å². The van der Waals surface area contributed by atoms with Gasteiger partial charge in [0.2, 0.25) is 11.9 Å². The van der Waals surface area contributed by atoms with Crippen LogP contribution in [0.3, 0.4) is 0 Å². The Bertz CT molecular complexity index is 504. The van der Waals surface area contributed by atoms with Gasteiger partial charge in [-0.25, -0.2) is 4.98 Å². The predicted molar refractivity (Wildman–Crippen MR) is 73.1 cm³/mol. The molecule has 0 bridgehead atoms. The van der Waals surface area contributed by atoms with Crippen LogP contribution < -0.4 is 15.5 Å². The first kappa shape index (κ1) is 17.0. The van der Waals surface area contributed by atoms with Gasteiger partial charge >= 0.3 is 6.18 Å². The molecule has 2 N–H and O–H groups in total. The number of nitrogens with zero attached hydrogens (tertiary/aromatic N) is 3. The molecule has 6 nitrogen and oxygen atoms in total. The fraction of sp³-hybridized carbons (Fsp3) is 0.583. The second-order valence-corrected chi connectivity index (χ2v) is 4.76. The monoisotopic (exact) mass is 305 g/mol. The molecule has 1 aromatic heterocycles. The van der Waals surface area contributed by atoms with Gasteiger partial charge in [0.1, 0.15) is 5.82 Å². The van der Waals surface area contributed by atoms with Crippen LogP contribution in [0.4, 0.5) is 24.9 Å². The van der Waals surface area contributed by atoms with Gasteiger partial charge in [-0.1, -0.05) is 0 Å². The van der Waals surface area contributed by atoms with E-state index in [1.807, 2.05) is 0 Å². The minimum absolute atomic E-state index is 0.0144. The van der Waals surface area contributed by atoms with Gasteiger partial charge in [0.15, 0.2) is 5.69 Å². The number of amides is 1. The van der Waals surface area contributed by atoms with Gasteiger partial charge in [0.25, 0.3) is 0 Å². The SMILES string of the molecule is CNc1nc(N(C)CC(=O)NC(C)C)cc(C(F)(F)F)n1. The maximum Gasteiger partial charge on any atom is 0.433 e. The number of hydrogen-bond acceptors (Lipinski definition) is 5. The summed E-state index contributed by atoms with van der Waals surface area (Å²) in [6.07, 6.45) is -4.58. The molecule has 1 aromatic rings. The summed E-state index contributed by atoms with van der Waals surface area (Å²) < 4.78 is 38.3. The molecular weight excluding hydrogens is 287 g/mol. The first-order valence-electron chi connectivity index (χ1n) is 6.28.